The number of aromatic amines is 2. The smallest absolute Gasteiger partial charge is 0.177 e. The van der Waals surface area contributed by atoms with Crippen molar-refractivity contribution in [2.75, 3.05) is 19.3 Å². The van der Waals surface area contributed by atoms with Gasteiger partial charge >= 0.3 is 0 Å². The molecule has 0 aliphatic heterocycles. The van der Waals surface area contributed by atoms with E-state index in [4.69, 9.17) is 4.74 Å². The highest BCUT2D eigenvalue weighted by Crippen LogP contribution is 2.41. The normalized spacial score (nSPS) is 13.1. The second-order valence-corrected chi connectivity index (χ2v) is 9.73. The molecule has 2 heterocycles. The van der Waals surface area contributed by atoms with Gasteiger partial charge in [0.25, 0.3) is 0 Å². The first-order valence-corrected chi connectivity index (χ1v) is 12.6. The van der Waals surface area contributed by atoms with Crippen LogP contribution >= 0.6 is 11.8 Å². The lowest BCUT2D eigenvalue weighted by molar-refractivity contribution is 0.0979. The second kappa shape index (κ2) is 10.2. The largest absolute Gasteiger partial charge is 0.453 e. The summed E-state index contributed by atoms with van der Waals surface area (Å²) in [6, 6.07) is 20.1. The van der Waals surface area contributed by atoms with Crippen molar-refractivity contribution in [1.82, 2.24) is 20.3 Å². The molecule has 5 rings (SSSR count). The summed E-state index contributed by atoms with van der Waals surface area (Å²) in [4.78, 5) is 11.6. The molecule has 0 saturated carbocycles. The summed E-state index contributed by atoms with van der Waals surface area (Å²) < 4.78 is 21.3. The molecule has 5 aromatic rings. The third-order valence-corrected chi connectivity index (χ3v) is 7.18. The van der Waals surface area contributed by atoms with Gasteiger partial charge < -0.3 is 25.1 Å². The van der Waals surface area contributed by atoms with Crippen LogP contribution in [0.2, 0.25) is 0 Å². The Morgan fingerprint density at radius 1 is 1.11 bits per heavy atom. The maximum Gasteiger partial charge on any atom is 0.177 e. The van der Waals surface area contributed by atoms with Gasteiger partial charge in [-0.25, -0.2) is 9.37 Å². The number of fused-ring (bicyclic) bond motifs is 1. The summed E-state index contributed by atoms with van der Waals surface area (Å²) in [6.07, 6.45) is 3.43. The fraction of sp³-hybridized carbons (Fsp3) is 0.179. The SMILES string of the molecule is CNCCSc1c(Oc2cccc(-c3ncc(C(C)(O)c4ccccc4)[nH]3)c2)c(F)cc2[nH]ccc12. The molecule has 0 radical (unpaired) electrons. The number of benzene rings is 3. The quantitative estimate of drug-likeness (QED) is 0.145. The summed E-state index contributed by atoms with van der Waals surface area (Å²) in [5.74, 6) is 1.61. The molecule has 1 unspecified atom stereocenters. The number of imidazole rings is 1. The number of aromatic nitrogens is 3. The minimum absolute atomic E-state index is 0.201. The maximum absolute atomic E-state index is 15.2. The van der Waals surface area contributed by atoms with Crippen molar-refractivity contribution in [3.63, 3.8) is 0 Å². The molecule has 0 saturated heterocycles. The minimum Gasteiger partial charge on any atom is -0.453 e. The van der Waals surface area contributed by atoms with Crippen LogP contribution in [0, 0.1) is 5.82 Å². The molecule has 6 nitrogen and oxygen atoms in total. The first-order valence-electron chi connectivity index (χ1n) is 11.7. The van der Waals surface area contributed by atoms with Gasteiger partial charge in [-0.2, -0.15) is 0 Å². The van der Waals surface area contributed by atoms with Crippen LogP contribution in [0.1, 0.15) is 18.2 Å². The van der Waals surface area contributed by atoms with Gasteiger partial charge in [0.2, 0.25) is 0 Å². The number of ether oxygens (including phenoxy) is 1. The van der Waals surface area contributed by atoms with Crippen molar-refractivity contribution in [2.24, 2.45) is 0 Å². The summed E-state index contributed by atoms with van der Waals surface area (Å²) in [5, 5.41) is 15.2. The van der Waals surface area contributed by atoms with Gasteiger partial charge in [0.1, 0.15) is 17.2 Å². The molecule has 0 spiro atoms. The minimum atomic E-state index is -1.23. The van der Waals surface area contributed by atoms with Gasteiger partial charge in [-0.1, -0.05) is 42.5 Å². The van der Waals surface area contributed by atoms with Crippen LogP contribution in [0.5, 0.6) is 11.5 Å². The van der Waals surface area contributed by atoms with Crippen LogP contribution in [0.3, 0.4) is 0 Å². The highest BCUT2D eigenvalue weighted by molar-refractivity contribution is 7.99. The molecule has 0 aliphatic carbocycles. The zero-order chi connectivity index (χ0) is 25.1. The molecule has 0 bridgehead atoms. The van der Waals surface area contributed by atoms with Gasteiger partial charge in [-0.05, 0) is 37.7 Å². The monoisotopic (exact) mass is 502 g/mol. The zero-order valence-electron chi connectivity index (χ0n) is 20.0. The average Bonchev–Trinajstić information content (AvgIpc) is 3.57. The number of nitrogens with zero attached hydrogens (tertiary/aromatic N) is 1. The molecule has 3 aromatic carbocycles. The predicted molar refractivity (Wildman–Crippen MR) is 142 cm³/mol. The topological polar surface area (TPSA) is 86.0 Å². The lowest BCUT2D eigenvalue weighted by Gasteiger charge is -2.22. The predicted octanol–water partition coefficient (Wildman–Crippen LogP) is 6.06. The average molecular weight is 503 g/mol. The lowest BCUT2D eigenvalue weighted by atomic mass is 9.93. The standard InChI is InChI=1S/C28H27FN4O2S/c1-28(34,19-8-4-3-5-9-19)24-17-32-27(33-24)18-7-6-10-20(15-18)35-25-22(29)16-23-21(11-12-31-23)26(25)36-14-13-30-2/h3-12,15-17,30-31,34H,13-14H2,1-2H3,(H,32,33). The molecular formula is C28H27FN4O2S. The second-order valence-electron chi connectivity index (χ2n) is 8.62. The molecule has 0 aliphatic rings. The Morgan fingerprint density at radius 2 is 1.94 bits per heavy atom. The number of aliphatic hydroxyl groups is 1. The number of rotatable bonds is 9. The Morgan fingerprint density at radius 3 is 2.75 bits per heavy atom. The zero-order valence-corrected chi connectivity index (χ0v) is 20.8. The van der Waals surface area contributed by atoms with Crippen molar-refractivity contribution >= 4 is 22.7 Å². The number of H-pyrrole nitrogens is 2. The van der Waals surface area contributed by atoms with Crippen LogP contribution in [0.15, 0.2) is 84.0 Å². The van der Waals surface area contributed by atoms with E-state index in [9.17, 15) is 5.11 Å². The number of hydrogen-bond donors (Lipinski definition) is 4. The fourth-order valence-corrected chi connectivity index (χ4v) is 5.19. The summed E-state index contributed by atoms with van der Waals surface area (Å²) >= 11 is 1.55. The molecule has 0 fully saturated rings. The van der Waals surface area contributed by atoms with Gasteiger partial charge in [0.05, 0.1) is 16.8 Å². The maximum atomic E-state index is 15.2. The fourth-order valence-electron chi connectivity index (χ4n) is 4.07. The van der Waals surface area contributed by atoms with E-state index in [0.29, 0.717) is 17.3 Å². The number of hydrogen-bond acceptors (Lipinski definition) is 5. The van der Waals surface area contributed by atoms with Crippen molar-refractivity contribution in [3.05, 3.63) is 96.2 Å². The molecule has 36 heavy (non-hydrogen) atoms. The van der Waals surface area contributed by atoms with E-state index in [2.05, 4.69) is 20.3 Å². The van der Waals surface area contributed by atoms with E-state index in [-0.39, 0.29) is 5.75 Å². The molecule has 2 aromatic heterocycles. The van der Waals surface area contributed by atoms with Crippen LogP contribution in [0.25, 0.3) is 22.3 Å². The van der Waals surface area contributed by atoms with E-state index in [1.807, 2.05) is 61.6 Å². The van der Waals surface area contributed by atoms with Crippen molar-refractivity contribution in [2.45, 2.75) is 17.4 Å². The van der Waals surface area contributed by atoms with Gasteiger partial charge in [-0.15, -0.1) is 11.8 Å². The van der Waals surface area contributed by atoms with Gasteiger partial charge in [0, 0.05) is 41.0 Å². The van der Waals surface area contributed by atoms with Crippen LogP contribution in [0.4, 0.5) is 4.39 Å². The Labute approximate surface area is 212 Å². The van der Waals surface area contributed by atoms with Crippen molar-refractivity contribution < 1.29 is 14.2 Å². The van der Waals surface area contributed by atoms with Crippen LogP contribution < -0.4 is 10.1 Å². The third kappa shape index (κ3) is 4.75. The summed E-state index contributed by atoms with van der Waals surface area (Å²) in [7, 11) is 1.89. The summed E-state index contributed by atoms with van der Waals surface area (Å²) in [6.45, 7) is 2.52. The Hall–Kier alpha value is -3.59. The van der Waals surface area contributed by atoms with E-state index in [1.54, 1.807) is 37.1 Å². The van der Waals surface area contributed by atoms with E-state index in [0.717, 1.165) is 39.2 Å². The van der Waals surface area contributed by atoms with E-state index < -0.39 is 11.4 Å². The van der Waals surface area contributed by atoms with Crippen molar-refractivity contribution in [3.8, 4) is 22.9 Å². The Bertz CT molecular complexity index is 1480. The lowest BCUT2D eigenvalue weighted by Crippen LogP contribution is -2.23. The first kappa shape index (κ1) is 24.1. The molecular weight excluding hydrogens is 475 g/mol. The molecule has 0 amide bonds. The van der Waals surface area contributed by atoms with E-state index in [1.165, 1.54) is 6.07 Å². The van der Waals surface area contributed by atoms with Crippen LogP contribution in [-0.2, 0) is 5.60 Å². The number of nitrogens with one attached hydrogen (secondary N) is 3. The molecule has 1 atom stereocenters. The number of thioether (sulfide) groups is 1. The van der Waals surface area contributed by atoms with Crippen LogP contribution in [-0.4, -0.2) is 39.4 Å². The van der Waals surface area contributed by atoms with E-state index >= 15 is 4.39 Å². The van der Waals surface area contributed by atoms with Gasteiger partial charge in [-0.3, -0.25) is 0 Å². The highest BCUT2D eigenvalue weighted by Gasteiger charge is 2.28. The highest BCUT2D eigenvalue weighted by atomic mass is 32.2. The van der Waals surface area contributed by atoms with Crippen molar-refractivity contribution in [1.29, 1.82) is 0 Å². The molecule has 4 N–H and O–H groups in total. The first-order chi connectivity index (χ1) is 17.5. The van der Waals surface area contributed by atoms with Gasteiger partial charge in [0.15, 0.2) is 11.6 Å². The third-order valence-electron chi connectivity index (χ3n) is 6.08. The Balaban J connectivity index is 1.45. The Kier molecular flexibility index (Phi) is 6.82. The number of halogens is 1. The molecule has 184 valence electrons. The molecule has 8 heteroatoms. The summed E-state index contributed by atoms with van der Waals surface area (Å²) in [5.41, 5.74) is 1.59.